The molecule has 1 aromatic carbocycles. The van der Waals surface area contributed by atoms with Gasteiger partial charge in [0.25, 0.3) is 5.56 Å². The van der Waals surface area contributed by atoms with E-state index in [0.29, 0.717) is 28.2 Å². The molecule has 0 N–H and O–H groups in total. The fourth-order valence-corrected chi connectivity index (χ4v) is 4.26. The van der Waals surface area contributed by atoms with Crippen LogP contribution in [0.4, 0.5) is 0 Å². The monoisotopic (exact) mass is 399 g/mol. The number of benzene rings is 1. The van der Waals surface area contributed by atoms with Gasteiger partial charge in [-0.2, -0.15) is 0 Å². The lowest BCUT2D eigenvalue weighted by Gasteiger charge is -2.18. The lowest BCUT2D eigenvalue weighted by Crippen LogP contribution is -2.28. The topological polar surface area (TPSA) is 66.1 Å². The van der Waals surface area contributed by atoms with E-state index in [-0.39, 0.29) is 23.1 Å². The number of rotatable bonds is 7. The molecule has 3 rings (SSSR count). The number of aryl methyl sites for hydroxylation is 1. The summed E-state index contributed by atoms with van der Waals surface area (Å²) in [6, 6.07) is 9.00. The number of hydrogen-bond acceptors (Lipinski definition) is 5. The van der Waals surface area contributed by atoms with Gasteiger partial charge >= 0.3 is 0 Å². The molecule has 1 atom stereocenters. The molecule has 0 spiro atoms. The van der Waals surface area contributed by atoms with Crippen LogP contribution in [0.1, 0.15) is 34.7 Å². The van der Waals surface area contributed by atoms with E-state index in [9.17, 15) is 9.59 Å². The summed E-state index contributed by atoms with van der Waals surface area (Å²) in [5, 5.41) is 1.10. The summed E-state index contributed by atoms with van der Waals surface area (Å²) in [4.78, 5) is 30.5. The van der Waals surface area contributed by atoms with E-state index in [0.717, 1.165) is 11.4 Å². The maximum absolute atomic E-state index is 13.0. The van der Waals surface area contributed by atoms with Crippen LogP contribution >= 0.6 is 11.8 Å². The Kier molecular flexibility index (Phi) is 6.05. The Morgan fingerprint density at radius 3 is 2.64 bits per heavy atom. The van der Waals surface area contributed by atoms with Gasteiger partial charge in [0.05, 0.1) is 29.3 Å². The van der Waals surface area contributed by atoms with Gasteiger partial charge in [0.15, 0.2) is 10.9 Å². The number of ether oxygens (including phenoxy) is 1. The predicted molar refractivity (Wildman–Crippen MR) is 113 cm³/mol. The van der Waals surface area contributed by atoms with Crippen LogP contribution in [0.5, 0.6) is 0 Å². The summed E-state index contributed by atoms with van der Waals surface area (Å²) in [7, 11) is 3.55. The third-order valence-corrected chi connectivity index (χ3v) is 5.98. The Balaban J connectivity index is 1.97. The number of carbonyl (C=O) groups excluding carboxylic acids is 1. The molecule has 7 heteroatoms. The molecule has 2 aromatic heterocycles. The molecule has 0 bridgehead atoms. The zero-order chi connectivity index (χ0) is 20.4. The molecule has 0 saturated carbocycles. The molecular formula is C21H25N3O3S. The van der Waals surface area contributed by atoms with Gasteiger partial charge in [-0.3, -0.25) is 14.2 Å². The van der Waals surface area contributed by atoms with Gasteiger partial charge < -0.3 is 9.30 Å². The second-order valence-electron chi connectivity index (χ2n) is 6.95. The molecule has 0 aliphatic heterocycles. The van der Waals surface area contributed by atoms with Gasteiger partial charge in [0.1, 0.15) is 0 Å². The van der Waals surface area contributed by atoms with E-state index in [4.69, 9.17) is 4.74 Å². The van der Waals surface area contributed by atoms with Crippen LogP contribution in [0.2, 0.25) is 0 Å². The van der Waals surface area contributed by atoms with Crippen LogP contribution < -0.4 is 5.56 Å². The maximum atomic E-state index is 13.0. The normalized spacial score (nSPS) is 12.5. The second kappa shape index (κ2) is 8.32. The van der Waals surface area contributed by atoms with Crippen LogP contribution in [0.3, 0.4) is 0 Å². The van der Waals surface area contributed by atoms with Gasteiger partial charge in [0.2, 0.25) is 0 Å². The molecule has 0 saturated heterocycles. The molecular weight excluding hydrogens is 374 g/mol. The first-order valence-electron chi connectivity index (χ1n) is 9.14. The lowest BCUT2D eigenvalue weighted by atomic mass is 10.2. The van der Waals surface area contributed by atoms with Gasteiger partial charge in [-0.05, 0) is 39.0 Å². The molecule has 6 nitrogen and oxygen atoms in total. The molecule has 2 heterocycles. The van der Waals surface area contributed by atoms with E-state index >= 15 is 0 Å². The van der Waals surface area contributed by atoms with E-state index in [1.807, 2.05) is 56.7 Å². The second-order valence-corrected chi connectivity index (χ2v) is 7.89. The first-order chi connectivity index (χ1) is 13.3. The molecule has 148 valence electrons. The minimum atomic E-state index is -0.187. The lowest BCUT2D eigenvalue weighted by molar-refractivity contribution is 0.102. The average Bonchev–Trinajstić information content (AvgIpc) is 2.93. The van der Waals surface area contributed by atoms with Crippen molar-refractivity contribution < 1.29 is 9.53 Å². The zero-order valence-corrected chi connectivity index (χ0v) is 17.7. The van der Waals surface area contributed by atoms with E-state index < -0.39 is 0 Å². The number of thioether (sulfide) groups is 1. The standard InChI is InChI=1S/C21H25N3O3S/c1-13-10-17(15(3)23(13)4)19(25)12-28-21-22-18-9-7-6-8-16(18)20(26)24(21)14(2)11-27-5/h6-10,14H,11-12H2,1-5H3/t14-/m0/s1. The summed E-state index contributed by atoms with van der Waals surface area (Å²) in [5.74, 6) is 0.244. The van der Waals surface area contributed by atoms with Crippen molar-refractivity contribution >= 4 is 28.4 Å². The number of hydrogen-bond donors (Lipinski definition) is 0. The first-order valence-corrected chi connectivity index (χ1v) is 10.1. The summed E-state index contributed by atoms with van der Waals surface area (Å²) in [6.07, 6.45) is 0. The van der Waals surface area contributed by atoms with E-state index in [1.165, 1.54) is 11.8 Å². The van der Waals surface area contributed by atoms with Gasteiger partial charge in [-0.25, -0.2) is 4.98 Å². The van der Waals surface area contributed by atoms with Gasteiger partial charge in [-0.15, -0.1) is 0 Å². The summed E-state index contributed by atoms with van der Waals surface area (Å²) in [6.45, 7) is 6.22. The number of methoxy groups -OCH3 is 1. The third kappa shape index (κ3) is 3.77. The van der Waals surface area contributed by atoms with Crippen LogP contribution in [-0.2, 0) is 11.8 Å². The van der Waals surface area contributed by atoms with Crippen molar-refractivity contribution in [2.24, 2.45) is 7.05 Å². The number of ketones is 1. The van der Waals surface area contributed by atoms with Crippen molar-refractivity contribution in [1.82, 2.24) is 14.1 Å². The van der Waals surface area contributed by atoms with E-state index in [1.54, 1.807) is 17.7 Å². The first kappa shape index (κ1) is 20.4. The van der Waals surface area contributed by atoms with Crippen molar-refractivity contribution in [2.45, 2.75) is 32.0 Å². The summed E-state index contributed by atoms with van der Waals surface area (Å²) < 4.78 is 8.87. The third-order valence-electron chi connectivity index (χ3n) is 5.03. The molecule has 0 fully saturated rings. The zero-order valence-electron chi connectivity index (χ0n) is 16.9. The number of Topliss-reactive ketones (excluding diaryl/α,β-unsaturated/α-hetero) is 1. The van der Waals surface area contributed by atoms with Crippen molar-refractivity contribution in [2.75, 3.05) is 19.5 Å². The van der Waals surface area contributed by atoms with Crippen molar-refractivity contribution in [3.05, 3.63) is 57.6 Å². The molecule has 0 radical (unpaired) electrons. The highest BCUT2D eigenvalue weighted by Crippen LogP contribution is 2.23. The van der Waals surface area contributed by atoms with E-state index in [2.05, 4.69) is 4.98 Å². The number of aromatic nitrogens is 3. The number of fused-ring (bicyclic) bond motifs is 1. The summed E-state index contributed by atoms with van der Waals surface area (Å²) in [5.41, 5.74) is 3.22. The van der Waals surface area contributed by atoms with Gasteiger partial charge in [0, 0.05) is 31.1 Å². The fraction of sp³-hybridized carbons (Fsp3) is 0.381. The van der Waals surface area contributed by atoms with Crippen molar-refractivity contribution in [1.29, 1.82) is 0 Å². The Hall–Kier alpha value is -2.38. The number of nitrogens with zero attached hydrogens (tertiary/aromatic N) is 3. The highest BCUT2D eigenvalue weighted by atomic mass is 32.2. The Bertz CT molecular complexity index is 1080. The maximum Gasteiger partial charge on any atom is 0.262 e. The van der Waals surface area contributed by atoms with Crippen LogP contribution in [0.15, 0.2) is 40.3 Å². The number of carbonyl (C=O) groups is 1. The predicted octanol–water partition coefficient (Wildman–Crippen LogP) is 3.53. The minimum absolute atomic E-state index is 0.0274. The molecule has 3 aromatic rings. The quantitative estimate of drug-likeness (QED) is 0.345. The molecule has 0 unspecified atom stereocenters. The highest BCUT2D eigenvalue weighted by Gasteiger charge is 2.19. The van der Waals surface area contributed by atoms with Crippen LogP contribution in [0.25, 0.3) is 10.9 Å². The van der Waals surface area contributed by atoms with Gasteiger partial charge in [-0.1, -0.05) is 23.9 Å². The molecule has 0 aliphatic rings. The smallest absolute Gasteiger partial charge is 0.262 e. The SMILES string of the molecule is COC[C@H](C)n1c(SCC(=O)c2cc(C)n(C)c2C)nc2ccccc2c1=O. The Morgan fingerprint density at radius 1 is 1.29 bits per heavy atom. The number of para-hydroxylation sites is 1. The highest BCUT2D eigenvalue weighted by molar-refractivity contribution is 7.99. The average molecular weight is 400 g/mol. The Labute approximate surface area is 168 Å². The fourth-order valence-electron chi connectivity index (χ4n) is 3.28. The van der Waals surface area contributed by atoms with Crippen LogP contribution in [0, 0.1) is 13.8 Å². The largest absolute Gasteiger partial charge is 0.383 e. The minimum Gasteiger partial charge on any atom is -0.383 e. The van der Waals surface area contributed by atoms with Crippen LogP contribution in [-0.4, -0.2) is 39.4 Å². The van der Waals surface area contributed by atoms with Crippen molar-refractivity contribution in [3.8, 4) is 0 Å². The molecule has 28 heavy (non-hydrogen) atoms. The van der Waals surface area contributed by atoms with Crippen molar-refractivity contribution in [3.63, 3.8) is 0 Å². The summed E-state index contributed by atoms with van der Waals surface area (Å²) >= 11 is 1.29. The Morgan fingerprint density at radius 2 is 2.00 bits per heavy atom. The molecule has 0 amide bonds. The molecule has 0 aliphatic carbocycles.